The van der Waals surface area contributed by atoms with Crippen LogP contribution in [0.4, 0.5) is 34.6 Å². The SMILES string of the molecule is CCO[P@@]1(=O)C(c2ccc([N+](=O)[O-])cc2)=NN(c2ccccc2)c2c(F)c(F)c(F)c(F)c21. The van der Waals surface area contributed by atoms with Gasteiger partial charge in [0.2, 0.25) is 0 Å². The van der Waals surface area contributed by atoms with E-state index < -0.39 is 52.0 Å². The van der Waals surface area contributed by atoms with Crippen LogP contribution in [-0.2, 0) is 9.09 Å². The third-order valence-electron chi connectivity index (χ3n) is 4.85. The number of rotatable bonds is 5. The zero-order valence-corrected chi connectivity index (χ0v) is 17.7. The van der Waals surface area contributed by atoms with Gasteiger partial charge in [-0.3, -0.25) is 14.7 Å². The van der Waals surface area contributed by atoms with Gasteiger partial charge in [0.15, 0.2) is 28.7 Å². The lowest BCUT2D eigenvalue weighted by Crippen LogP contribution is -2.34. The zero-order chi connectivity index (χ0) is 23.9. The van der Waals surface area contributed by atoms with Gasteiger partial charge < -0.3 is 4.52 Å². The Labute approximate surface area is 184 Å². The first-order valence-corrected chi connectivity index (χ1v) is 11.1. The van der Waals surface area contributed by atoms with Gasteiger partial charge in [0.25, 0.3) is 13.1 Å². The number of hydrazone groups is 1. The number of benzene rings is 3. The second kappa shape index (κ2) is 8.42. The van der Waals surface area contributed by atoms with Gasteiger partial charge >= 0.3 is 0 Å². The molecular weight excluding hydrogens is 465 g/mol. The first-order chi connectivity index (χ1) is 15.7. The van der Waals surface area contributed by atoms with E-state index in [9.17, 15) is 27.9 Å². The van der Waals surface area contributed by atoms with Gasteiger partial charge in [0.1, 0.15) is 11.0 Å². The van der Waals surface area contributed by atoms with Gasteiger partial charge in [-0.15, -0.1) is 0 Å². The van der Waals surface area contributed by atoms with Crippen LogP contribution in [0.25, 0.3) is 0 Å². The Hall–Kier alpha value is -3.56. The molecule has 3 aromatic rings. The molecule has 12 heteroatoms. The lowest BCUT2D eigenvalue weighted by molar-refractivity contribution is -0.384. The third kappa shape index (κ3) is 3.59. The van der Waals surface area contributed by atoms with E-state index in [0.717, 1.165) is 17.1 Å². The minimum atomic E-state index is -4.63. The van der Waals surface area contributed by atoms with E-state index in [2.05, 4.69) is 5.10 Å². The van der Waals surface area contributed by atoms with Crippen molar-refractivity contribution in [3.63, 3.8) is 0 Å². The van der Waals surface area contributed by atoms with E-state index >= 15 is 4.39 Å². The Morgan fingerprint density at radius 2 is 1.58 bits per heavy atom. The summed E-state index contributed by atoms with van der Waals surface area (Å²) in [5.74, 6) is -7.91. The minimum Gasteiger partial charge on any atom is -0.321 e. The summed E-state index contributed by atoms with van der Waals surface area (Å²) < 4.78 is 77.8. The number of anilines is 2. The second-order valence-corrected chi connectivity index (χ2v) is 9.03. The molecule has 1 heterocycles. The van der Waals surface area contributed by atoms with Crippen molar-refractivity contribution >= 4 is 35.2 Å². The van der Waals surface area contributed by atoms with Crippen LogP contribution in [-0.4, -0.2) is 17.0 Å². The van der Waals surface area contributed by atoms with Gasteiger partial charge in [-0.25, -0.2) is 22.6 Å². The van der Waals surface area contributed by atoms with Crippen LogP contribution in [0.5, 0.6) is 0 Å². The molecule has 0 N–H and O–H groups in total. The molecule has 33 heavy (non-hydrogen) atoms. The van der Waals surface area contributed by atoms with Crippen LogP contribution in [0.15, 0.2) is 59.7 Å². The molecule has 1 atom stereocenters. The molecule has 0 radical (unpaired) electrons. The van der Waals surface area contributed by atoms with Gasteiger partial charge in [-0.2, -0.15) is 5.10 Å². The molecule has 0 amide bonds. The Kier molecular flexibility index (Phi) is 5.77. The lowest BCUT2D eigenvalue weighted by atomic mass is 10.2. The molecule has 7 nitrogen and oxygen atoms in total. The molecule has 170 valence electrons. The van der Waals surface area contributed by atoms with Crippen LogP contribution in [0, 0.1) is 33.4 Å². The highest BCUT2D eigenvalue weighted by atomic mass is 31.2. The molecule has 0 aliphatic carbocycles. The zero-order valence-electron chi connectivity index (χ0n) is 16.8. The maximum atomic E-state index is 15.1. The van der Waals surface area contributed by atoms with E-state index in [0.29, 0.717) is 0 Å². The standard InChI is InChI=1S/C21H14F4N3O4P/c1-2-32-33(31)20-18(25)16(23)15(22)17(24)19(20)27(13-6-4-3-5-7-13)26-21(33)12-8-10-14(11-9-12)28(29)30/h3-11H,2H2,1H3/t33-/m1/s1. The topological polar surface area (TPSA) is 85.0 Å². The maximum absolute atomic E-state index is 15.1. The van der Waals surface area contributed by atoms with Crippen LogP contribution in [0.3, 0.4) is 0 Å². The first kappa shape index (κ1) is 22.6. The number of non-ortho nitro benzene ring substituents is 1. The number of hydrogen-bond acceptors (Lipinski definition) is 6. The average Bonchev–Trinajstić information content (AvgIpc) is 2.81. The van der Waals surface area contributed by atoms with Crippen LogP contribution in [0.2, 0.25) is 0 Å². The average molecular weight is 479 g/mol. The minimum absolute atomic E-state index is 0.0218. The van der Waals surface area contributed by atoms with E-state index in [1.54, 1.807) is 18.2 Å². The molecule has 0 aromatic heterocycles. The number of nitro benzene ring substituents is 1. The van der Waals surface area contributed by atoms with Gasteiger partial charge in [-0.1, -0.05) is 18.2 Å². The highest BCUT2D eigenvalue weighted by Crippen LogP contribution is 2.57. The molecule has 0 saturated carbocycles. The Balaban J connectivity index is 2.08. The number of halogens is 4. The number of hydrogen-bond donors (Lipinski definition) is 0. The molecule has 0 unspecified atom stereocenters. The molecule has 0 bridgehead atoms. The molecule has 4 rings (SSSR count). The smallest absolute Gasteiger partial charge is 0.286 e. The fourth-order valence-corrected chi connectivity index (χ4v) is 5.75. The fraction of sp³-hybridized carbons (Fsp3) is 0.0952. The highest BCUT2D eigenvalue weighted by Gasteiger charge is 2.47. The second-order valence-electron chi connectivity index (χ2n) is 6.80. The predicted molar refractivity (Wildman–Crippen MR) is 113 cm³/mol. The monoisotopic (exact) mass is 479 g/mol. The summed E-state index contributed by atoms with van der Waals surface area (Å²) in [5.41, 5.74) is -1.44. The number of nitro groups is 1. The van der Waals surface area contributed by atoms with Crippen molar-refractivity contribution in [3.8, 4) is 0 Å². The summed E-state index contributed by atoms with van der Waals surface area (Å²) >= 11 is 0. The van der Waals surface area contributed by atoms with Gasteiger partial charge in [-0.05, 0) is 31.2 Å². The maximum Gasteiger partial charge on any atom is 0.286 e. The van der Waals surface area contributed by atoms with Crippen LogP contribution < -0.4 is 10.3 Å². The summed E-state index contributed by atoms with van der Waals surface area (Å²) in [7, 11) is -4.63. The summed E-state index contributed by atoms with van der Waals surface area (Å²) in [6.07, 6.45) is 0. The first-order valence-electron chi connectivity index (χ1n) is 9.51. The van der Waals surface area contributed by atoms with Crippen molar-refractivity contribution in [1.29, 1.82) is 0 Å². The Morgan fingerprint density at radius 1 is 0.970 bits per heavy atom. The summed E-state index contributed by atoms with van der Waals surface area (Å²) in [6, 6.07) is 12.2. The van der Waals surface area contributed by atoms with Gasteiger partial charge in [0.05, 0.1) is 17.2 Å². The van der Waals surface area contributed by atoms with Crippen LogP contribution >= 0.6 is 7.37 Å². The quantitative estimate of drug-likeness (QED) is 0.119. The van der Waals surface area contributed by atoms with Gasteiger partial charge in [0, 0.05) is 17.7 Å². The van der Waals surface area contributed by atoms with E-state index in [-0.39, 0.29) is 23.5 Å². The van der Waals surface area contributed by atoms with Crippen molar-refractivity contribution in [2.45, 2.75) is 6.92 Å². The number of para-hydroxylation sites is 1. The van der Waals surface area contributed by atoms with E-state index in [4.69, 9.17) is 4.52 Å². The van der Waals surface area contributed by atoms with Crippen molar-refractivity contribution in [3.05, 3.63) is 93.5 Å². The van der Waals surface area contributed by atoms with E-state index in [1.807, 2.05) is 0 Å². The van der Waals surface area contributed by atoms with Crippen molar-refractivity contribution in [2.75, 3.05) is 11.6 Å². The summed E-state index contributed by atoms with van der Waals surface area (Å²) in [5, 5.41) is 14.9. The Bertz CT molecular complexity index is 1330. The lowest BCUT2D eigenvalue weighted by Gasteiger charge is -2.33. The van der Waals surface area contributed by atoms with Crippen molar-refractivity contribution < 1.29 is 31.6 Å². The van der Waals surface area contributed by atoms with Crippen molar-refractivity contribution in [1.82, 2.24) is 0 Å². The third-order valence-corrected chi connectivity index (χ3v) is 7.37. The molecule has 1 aliphatic rings. The Morgan fingerprint density at radius 3 is 2.15 bits per heavy atom. The van der Waals surface area contributed by atoms with E-state index in [1.165, 1.54) is 31.2 Å². The predicted octanol–water partition coefficient (Wildman–Crippen LogP) is 5.60. The molecule has 3 aromatic carbocycles. The molecule has 1 aliphatic heterocycles. The fourth-order valence-electron chi connectivity index (χ4n) is 3.40. The summed E-state index contributed by atoms with van der Waals surface area (Å²) in [6.45, 7) is 1.15. The molecular formula is C21H14F4N3O4P. The molecule has 0 fully saturated rings. The number of nitrogens with zero attached hydrogens (tertiary/aromatic N) is 3. The summed E-state index contributed by atoms with van der Waals surface area (Å²) in [4.78, 5) is 10.3. The number of fused-ring (bicyclic) bond motifs is 1. The normalized spacial score (nSPS) is 17.5. The largest absolute Gasteiger partial charge is 0.321 e. The molecule has 0 spiro atoms. The molecule has 0 saturated heterocycles. The van der Waals surface area contributed by atoms with Crippen molar-refractivity contribution in [2.24, 2.45) is 5.10 Å². The highest BCUT2D eigenvalue weighted by molar-refractivity contribution is 7.84. The van der Waals surface area contributed by atoms with Crippen LogP contribution in [0.1, 0.15) is 12.5 Å².